The molecule has 0 amide bonds. The third-order valence-corrected chi connectivity index (χ3v) is 5.22. The van der Waals surface area contributed by atoms with Crippen LogP contribution in [-0.4, -0.2) is 35.6 Å². The van der Waals surface area contributed by atoms with Crippen molar-refractivity contribution in [3.8, 4) is 0 Å². The first-order chi connectivity index (χ1) is 8.98. The molecule has 2 nitrogen and oxygen atoms in total. The zero-order valence-electron chi connectivity index (χ0n) is 13.6. The fourth-order valence-electron chi connectivity index (χ4n) is 3.59. The first kappa shape index (κ1) is 15.3. The zero-order valence-corrected chi connectivity index (χ0v) is 13.6. The van der Waals surface area contributed by atoms with Gasteiger partial charge < -0.3 is 5.32 Å². The Labute approximate surface area is 120 Å². The molecule has 1 heterocycles. The lowest BCUT2D eigenvalue weighted by Gasteiger charge is -2.52. The lowest BCUT2D eigenvalue weighted by molar-refractivity contribution is 0.0107. The van der Waals surface area contributed by atoms with Gasteiger partial charge in [-0.3, -0.25) is 4.90 Å². The maximum absolute atomic E-state index is 3.77. The third-order valence-electron chi connectivity index (χ3n) is 5.22. The molecule has 2 aliphatic rings. The molecule has 0 bridgehead atoms. The van der Waals surface area contributed by atoms with Crippen molar-refractivity contribution in [1.29, 1.82) is 0 Å². The van der Waals surface area contributed by atoms with Crippen LogP contribution in [0, 0.1) is 5.92 Å². The normalized spacial score (nSPS) is 31.6. The van der Waals surface area contributed by atoms with Crippen LogP contribution >= 0.6 is 0 Å². The molecule has 19 heavy (non-hydrogen) atoms. The Morgan fingerprint density at radius 1 is 1.05 bits per heavy atom. The second kappa shape index (κ2) is 6.13. The third kappa shape index (κ3) is 3.95. The van der Waals surface area contributed by atoms with E-state index in [2.05, 4.69) is 37.9 Å². The fraction of sp³-hybridized carbons (Fsp3) is 1.00. The Morgan fingerprint density at radius 2 is 1.74 bits per heavy atom. The van der Waals surface area contributed by atoms with Crippen molar-refractivity contribution in [2.45, 2.75) is 83.7 Å². The van der Waals surface area contributed by atoms with E-state index in [0.717, 1.165) is 5.92 Å². The van der Waals surface area contributed by atoms with Crippen LogP contribution in [0.4, 0.5) is 0 Å². The van der Waals surface area contributed by atoms with Crippen LogP contribution in [-0.2, 0) is 0 Å². The van der Waals surface area contributed by atoms with E-state index in [-0.39, 0.29) is 5.54 Å². The molecule has 2 heteroatoms. The number of nitrogens with one attached hydrogen (secondary N) is 1. The van der Waals surface area contributed by atoms with Gasteiger partial charge in [0.05, 0.1) is 0 Å². The van der Waals surface area contributed by atoms with Gasteiger partial charge in [0.1, 0.15) is 0 Å². The van der Waals surface area contributed by atoms with Gasteiger partial charge in [0, 0.05) is 24.2 Å². The number of nitrogens with zero attached hydrogens (tertiary/aromatic N) is 1. The van der Waals surface area contributed by atoms with Crippen molar-refractivity contribution in [3.05, 3.63) is 0 Å². The van der Waals surface area contributed by atoms with Crippen LogP contribution in [0.1, 0.15) is 72.6 Å². The summed E-state index contributed by atoms with van der Waals surface area (Å²) in [5.74, 6) is 0.951. The van der Waals surface area contributed by atoms with Gasteiger partial charge in [-0.25, -0.2) is 0 Å². The molecule has 2 fully saturated rings. The molecule has 0 spiro atoms. The number of unbranched alkanes of at least 4 members (excludes halogenated alkanes) is 4. The van der Waals surface area contributed by atoms with E-state index >= 15 is 0 Å². The molecule has 0 aromatic rings. The van der Waals surface area contributed by atoms with Crippen LogP contribution in [0.3, 0.4) is 0 Å². The molecule has 0 aromatic carbocycles. The van der Waals surface area contributed by atoms with Crippen LogP contribution in [0.15, 0.2) is 0 Å². The van der Waals surface area contributed by atoms with E-state index in [1.807, 2.05) is 0 Å². The highest BCUT2D eigenvalue weighted by atomic mass is 15.3. The van der Waals surface area contributed by atoms with Gasteiger partial charge in [-0.2, -0.15) is 0 Å². The van der Waals surface area contributed by atoms with Crippen molar-refractivity contribution in [3.63, 3.8) is 0 Å². The topological polar surface area (TPSA) is 15.3 Å². The average Bonchev–Trinajstić information content (AvgIpc) is 3.18. The largest absolute Gasteiger partial charge is 0.309 e. The van der Waals surface area contributed by atoms with Gasteiger partial charge in [0.2, 0.25) is 0 Å². The van der Waals surface area contributed by atoms with Crippen molar-refractivity contribution < 1.29 is 0 Å². The van der Waals surface area contributed by atoms with Gasteiger partial charge >= 0.3 is 0 Å². The van der Waals surface area contributed by atoms with Crippen LogP contribution in [0.25, 0.3) is 0 Å². The fourth-order valence-corrected chi connectivity index (χ4v) is 3.59. The highest BCUT2D eigenvalue weighted by molar-refractivity contribution is 5.06. The molecule has 1 N–H and O–H groups in total. The molecular formula is C17H34N2. The second-order valence-corrected chi connectivity index (χ2v) is 7.70. The summed E-state index contributed by atoms with van der Waals surface area (Å²) in [6.07, 6.45) is 9.88. The monoisotopic (exact) mass is 266 g/mol. The summed E-state index contributed by atoms with van der Waals surface area (Å²) in [6.45, 7) is 13.2. The predicted molar refractivity (Wildman–Crippen MR) is 83.5 cm³/mol. The summed E-state index contributed by atoms with van der Waals surface area (Å²) in [7, 11) is 0. The molecule has 0 aromatic heterocycles. The van der Waals surface area contributed by atoms with E-state index < -0.39 is 0 Å². The molecule has 1 aliphatic heterocycles. The molecule has 2 rings (SSSR count). The van der Waals surface area contributed by atoms with E-state index in [4.69, 9.17) is 0 Å². The Bertz CT molecular complexity index is 283. The molecule has 1 saturated carbocycles. The Balaban J connectivity index is 1.85. The molecule has 1 atom stereocenters. The quantitative estimate of drug-likeness (QED) is 0.705. The zero-order chi connectivity index (χ0) is 13.9. The predicted octanol–water partition coefficient (Wildman–Crippen LogP) is 3.81. The average molecular weight is 266 g/mol. The first-order valence-corrected chi connectivity index (χ1v) is 8.48. The van der Waals surface area contributed by atoms with Crippen LogP contribution in [0.2, 0.25) is 0 Å². The summed E-state index contributed by atoms with van der Waals surface area (Å²) in [4.78, 5) is 2.81. The van der Waals surface area contributed by atoms with Gasteiger partial charge in [-0.15, -0.1) is 0 Å². The highest BCUT2D eigenvalue weighted by Gasteiger charge is 2.49. The minimum atomic E-state index is 0.290. The van der Waals surface area contributed by atoms with Gasteiger partial charge in [0.25, 0.3) is 0 Å². The smallest absolute Gasteiger partial charge is 0.0334 e. The van der Waals surface area contributed by atoms with Crippen molar-refractivity contribution in [1.82, 2.24) is 10.2 Å². The van der Waals surface area contributed by atoms with Crippen molar-refractivity contribution in [2.75, 3.05) is 19.6 Å². The molecular weight excluding hydrogens is 232 g/mol. The van der Waals surface area contributed by atoms with Crippen molar-refractivity contribution in [2.24, 2.45) is 5.92 Å². The number of hydrogen-bond acceptors (Lipinski definition) is 2. The van der Waals surface area contributed by atoms with Crippen LogP contribution in [0.5, 0.6) is 0 Å². The number of piperazine rings is 1. The first-order valence-electron chi connectivity index (χ1n) is 8.48. The van der Waals surface area contributed by atoms with E-state index in [0.29, 0.717) is 5.54 Å². The highest BCUT2D eigenvalue weighted by Crippen LogP contribution is 2.44. The molecule has 1 unspecified atom stereocenters. The van der Waals surface area contributed by atoms with E-state index in [1.165, 1.54) is 64.6 Å². The van der Waals surface area contributed by atoms with Gasteiger partial charge in [0.15, 0.2) is 0 Å². The standard InChI is InChI=1S/C17H34N2/c1-5-6-7-8-9-12-19-14-16(2,3)18-13-17(19,4)15-10-11-15/h15,18H,5-14H2,1-4H3. The summed E-state index contributed by atoms with van der Waals surface area (Å²) in [5, 5.41) is 3.77. The van der Waals surface area contributed by atoms with Gasteiger partial charge in [-0.05, 0) is 52.5 Å². The second-order valence-electron chi connectivity index (χ2n) is 7.70. The maximum atomic E-state index is 3.77. The maximum Gasteiger partial charge on any atom is 0.0334 e. The Morgan fingerprint density at radius 3 is 2.37 bits per heavy atom. The summed E-state index contributed by atoms with van der Waals surface area (Å²) in [5.41, 5.74) is 0.720. The van der Waals surface area contributed by atoms with Crippen molar-refractivity contribution >= 4 is 0 Å². The summed E-state index contributed by atoms with van der Waals surface area (Å²) >= 11 is 0. The number of hydrogen-bond donors (Lipinski definition) is 1. The van der Waals surface area contributed by atoms with E-state index in [1.54, 1.807) is 0 Å². The minimum absolute atomic E-state index is 0.290. The molecule has 1 aliphatic carbocycles. The lowest BCUT2D eigenvalue weighted by atomic mass is 9.86. The SMILES string of the molecule is CCCCCCCN1CC(C)(C)NCC1(C)C1CC1. The van der Waals surface area contributed by atoms with Crippen LogP contribution < -0.4 is 5.32 Å². The summed E-state index contributed by atoms with van der Waals surface area (Å²) < 4.78 is 0. The Kier molecular flexibility index (Phi) is 4.94. The Hall–Kier alpha value is -0.0800. The van der Waals surface area contributed by atoms with E-state index in [9.17, 15) is 0 Å². The minimum Gasteiger partial charge on any atom is -0.309 e. The molecule has 0 radical (unpaired) electrons. The lowest BCUT2D eigenvalue weighted by Crippen LogP contribution is -2.68. The summed E-state index contributed by atoms with van der Waals surface area (Å²) in [6, 6.07) is 0. The number of rotatable bonds is 7. The van der Waals surface area contributed by atoms with Gasteiger partial charge in [-0.1, -0.05) is 32.6 Å². The molecule has 1 saturated heterocycles. The molecule has 112 valence electrons.